The lowest BCUT2D eigenvalue weighted by Gasteiger charge is -2.23. The van der Waals surface area contributed by atoms with Gasteiger partial charge in [-0.15, -0.1) is 0 Å². The maximum absolute atomic E-state index is 3.56. The topological polar surface area (TPSA) is 24.1 Å². The van der Waals surface area contributed by atoms with Crippen LogP contribution in [0, 0.1) is 0 Å². The molecule has 0 aromatic heterocycles. The van der Waals surface area contributed by atoms with Crippen LogP contribution < -0.4 is 10.6 Å². The second kappa shape index (κ2) is 6.44. The van der Waals surface area contributed by atoms with Crippen LogP contribution in [-0.2, 0) is 0 Å². The van der Waals surface area contributed by atoms with Crippen LogP contribution in [0.25, 0.3) is 0 Å². The quantitative estimate of drug-likeness (QED) is 0.611. The van der Waals surface area contributed by atoms with Gasteiger partial charge in [-0.05, 0) is 45.3 Å². The third-order valence-corrected chi connectivity index (χ3v) is 2.51. The zero-order valence-electron chi connectivity index (χ0n) is 8.23. The number of hydrogen-bond donors (Lipinski definition) is 2. The molecule has 12 heavy (non-hydrogen) atoms. The number of nitrogens with one attached hydrogen (secondary N) is 2. The van der Waals surface area contributed by atoms with Gasteiger partial charge in [0.2, 0.25) is 0 Å². The van der Waals surface area contributed by atoms with Crippen LogP contribution in [-0.4, -0.2) is 25.7 Å². The van der Waals surface area contributed by atoms with Crippen molar-refractivity contribution in [3.05, 3.63) is 0 Å². The molecule has 1 rings (SSSR count). The van der Waals surface area contributed by atoms with E-state index in [1.54, 1.807) is 0 Å². The summed E-state index contributed by atoms with van der Waals surface area (Å²) in [6, 6.07) is 0.795. The van der Waals surface area contributed by atoms with Gasteiger partial charge in [0.25, 0.3) is 0 Å². The van der Waals surface area contributed by atoms with E-state index in [1.165, 1.54) is 51.7 Å². The van der Waals surface area contributed by atoms with Crippen molar-refractivity contribution >= 4 is 0 Å². The van der Waals surface area contributed by atoms with E-state index in [2.05, 4.69) is 17.6 Å². The average molecular weight is 170 g/mol. The summed E-state index contributed by atoms with van der Waals surface area (Å²) < 4.78 is 0. The zero-order valence-corrected chi connectivity index (χ0v) is 8.23. The van der Waals surface area contributed by atoms with Gasteiger partial charge in [0.15, 0.2) is 0 Å². The van der Waals surface area contributed by atoms with Crippen molar-refractivity contribution in [2.24, 2.45) is 0 Å². The molecule has 0 aromatic carbocycles. The van der Waals surface area contributed by atoms with Crippen LogP contribution in [0.3, 0.4) is 0 Å². The normalized spacial score (nSPS) is 24.2. The van der Waals surface area contributed by atoms with Crippen molar-refractivity contribution < 1.29 is 0 Å². The van der Waals surface area contributed by atoms with E-state index in [4.69, 9.17) is 0 Å². The van der Waals surface area contributed by atoms with E-state index in [0.717, 1.165) is 6.04 Å². The van der Waals surface area contributed by atoms with Gasteiger partial charge in [0, 0.05) is 6.04 Å². The van der Waals surface area contributed by atoms with E-state index in [-0.39, 0.29) is 0 Å². The lowest BCUT2D eigenvalue weighted by molar-refractivity contribution is 0.376. The monoisotopic (exact) mass is 170 g/mol. The summed E-state index contributed by atoms with van der Waals surface area (Å²) in [5, 5.41) is 7.00. The number of hydrogen-bond acceptors (Lipinski definition) is 2. The van der Waals surface area contributed by atoms with Crippen LogP contribution in [0.2, 0.25) is 0 Å². The van der Waals surface area contributed by atoms with Crippen LogP contribution in [0.15, 0.2) is 0 Å². The first kappa shape index (κ1) is 10.0. The predicted molar refractivity (Wildman–Crippen MR) is 53.4 cm³/mol. The molecule has 0 aromatic rings. The Kier molecular flexibility index (Phi) is 5.37. The van der Waals surface area contributed by atoms with Crippen LogP contribution in [0.4, 0.5) is 0 Å². The third-order valence-electron chi connectivity index (χ3n) is 2.51. The Morgan fingerprint density at radius 3 is 2.92 bits per heavy atom. The zero-order chi connectivity index (χ0) is 8.65. The molecule has 1 atom stereocenters. The maximum atomic E-state index is 3.56. The highest BCUT2D eigenvalue weighted by molar-refractivity contribution is 4.72. The van der Waals surface area contributed by atoms with Crippen molar-refractivity contribution in [1.82, 2.24) is 10.6 Å². The Balaban J connectivity index is 1.91. The van der Waals surface area contributed by atoms with E-state index < -0.39 is 0 Å². The van der Waals surface area contributed by atoms with Crippen molar-refractivity contribution in [3.63, 3.8) is 0 Å². The Morgan fingerprint density at radius 2 is 2.25 bits per heavy atom. The van der Waals surface area contributed by atoms with Crippen molar-refractivity contribution in [2.75, 3.05) is 19.6 Å². The first-order valence-electron chi connectivity index (χ1n) is 5.37. The van der Waals surface area contributed by atoms with Crippen LogP contribution in [0.1, 0.15) is 39.0 Å². The summed E-state index contributed by atoms with van der Waals surface area (Å²) in [6.45, 7) is 5.81. The Bertz CT molecular complexity index is 98.0. The fourth-order valence-electron chi connectivity index (χ4n) is 1.75. The second-order valence-electron chi connectivity index (χ2n) is 3.69. The lowest BCUT2D eigenvalue weighted by Crippen LogP contribution is -2.36. The third kappa shape index (κ3) is 4.07. The molecule has 1 fully saturated rings. The van der Waals surface area contributed by atoms with Crippen molar-refractivity contribution in [2.45, 2.75) is 45.1 Å². The molecule has 1 saturated heterocycles. The first-order valence-corrected chi connectivity index (χ1v) is 5.37. The number of piperidine rings is 1. The number of rotatable bonds is 5. The van der Waals surface area contributed by atoms with Gasteiger partial charge in [-0.25, -0.2) is 0 Å². The summed E-state index contributed by atoms with van der Waals surface area (Å²) >= 11 is 0. The largest absolute Gasteiger partial charge is 0.317 e. The smallest absolute Gasteiger partial charge is 0.00791 e. The maximum Gasteiger partial charge on any atom is 0.00791 e. The minimum atomic E-state index is 0.795. The minimum absolute atomic E-state index is 0.795. The van der Waals surface area contributed by atoms with Gasteiger partial charge >= 0.3 is 0 Å². The van der Waals surface area contributed by atoms with Crippen LogP contribution in [0.5, 0.6) is 0 Å². The fraction of sp³-hybridized carbons (Fsp3) is 1.00. The van der Waals surface area contributed by atoms with Gasteiger partial charge in [-0.2, -0.15) is 0 Å². The molecular formula is C10H22N2. The molecule has 0 bridgehead atoms. The fourth-order valence-corrected chi connectivity index (χ4v) is 1.75. The molecule has 2 N–H and O–H groups in total. The van der Waals surface area contributed by atoms with Crippen molar-refractivity contribution in [3.8, 4) is 0 Å². The molecule has 0 amide bonds. The second-order valence-corrected chi connectivity index (χ2v) is 3.69. The molecule has 0 spiro atoms. The molecular weight excluding hydrogens is 148 g/mol. The molecule has 1 heterocycles. The summed E-state index contributed by atoms with van der Waals surface area (Å²) in [7, 11) is 0. The highest BCUT2D eigenvalue weighted by Gasteiger charge is 2.10. The molecule has 0 aliphatic carbocycles. The highest BCUT2D eigenvalue weighted by Crippen LogP contribution is 2.08. The van der Waals surface area contributed by atoms with E-state index >= 15 is 0 Å². The predicted octanol–water partition coefficient (Wildman–Crippen LogP) is 1.52. The average Bonchev–Trinajstić information content (AvgIpc) is 2.14. The Labute approximate surface area is 76.1 Å². The first-order chi connectivity index (χ1) is 5.93. The molecule has 0 radical (unpaired) electrons. The van der Waals surface area contributed by atoms with Gasteiger partial charge in [0.1, 0.15) is 0 Å². The molecule has 1 aliphatic rings. The lowest BCUT2D eigenvalue weighted by atomic mass is 10.0. The van der Waals surface area contributed by atoms with Crippen LogP contribution >= 0.6 is 0 Å². The summed E-state index contributed by atoms with van der Waals surface area (Å²) in [5.74, 6) is 0. The van der Waals surface area contributed by atoms with Gasteiger partial charge in [0.05, 0.1) is 0 Å². The molecule has 1 unspecified atom stereocenters. The summed E-state index contributed by atoms with van der Waals surface area (Å²) in [5.41, 5.74) is 0. The SMILES string of the molecule is CCCNCCC1CCCCN1. The minimum Gasteiger partial charge on any atom is -0.317 e. The summed E-state index contributed by atoms with van der Waals surface area (Å²) in [4.78, 5) is 0. The molecule has 1 aliphatic heterocycles. The van der Waals surface area contributed by atoms with Crippen molar-refractivity contribution in [1.29, 1.82) is 0 Å². The molecule has 2 nitrogen and oxygen atoms in total. The van der Waals surface area contributed by atoms with E-state index in [9.17, 15) is 0 Å². The molecule has 72 valence electrons. The Morgan fingerprint density at radius 1 is 1.33 bits per heavy atom. The molecule has 0 saturated carbocycles. The Hall–Kier alpha value is -0.0800. The van der Waals surface area contributed by atoms with Gasteiger partial charge in [-0.3, -0.25) is 0 Å². The standard InChI is InChI=1S/C10H22N2/c1-2-7-11-9-6-10-5-3-4-8-12-10/h10-12H,2-9H2,1H3. The van der Waals surface area contributed by atoms with Gasteiger partial charge in [-0.1, -0.05) is 13.3 Å². The van der Waals surface area contributed by atoms with E-state index in [1.807, 2.05) is 0 Å². The summed E-state index contributed by atoms with van der Waals surface area (Å²) in [6.07, 6.45) is 6.73. The van der Waals surface area contributed by atoms with Gasteiger partial charge < -0.3 is 10.6 Å². The van der Waals surface area contributed by atoms with E-state index in [0.29, 0.717) is 0 Å². The molecule has 2 heteroatoms. The highest BCUT2D eigenvalue weighted by atomic mass is 14.9.